The maximum Gasteiger partial charge on any atom is 0.269 e. The van der Waals surface area contributed by atoms with Gasteiger partial charge in [0.1, 0.15) is 19.0 Å². The summed E-state index contributed by atoms with van der Waals surface area (Å²) in [5, 5.41) is 15.8. The maximum absolute atomic E-state index is 12.0. The molecule has 0 fully saturated rings. The van der Waals surface area contributed by atoms with E-state index in [4.69, 9.17) is 9.47 Å². The SMILES string of the molecule is O=C(COCC(=O)Nc1ccc([N+](=O)[O-])cc1)Nc1ccc(OCCc2ccccc2)cc1. The van der Waals surface area contributed by atoms with Gasteiger partial charge in [0.05, 0.1) is 11.5 Å². The number of benzene rings is 3. The van der Waals surface area contributed by atoms with Crippen LogP contribution in [0.3, 0.4) is 0 Å². The zero-order valence-corrected chi connectivity index (χ0v) is 17.7. The molecular formula is C24H23N3O6. The van der Waals surface area contributed by atoms with E-state index in [2.05, 4.69) is 10.6 Å². The second-order valence-electron chi connectivity index (χ2n) is 7.00. The Morgan fingerprint density at radius 3 is 1.88 bits per heavy atom. The number of nitro benzene ring substituents is 1. The van der Waals surface area contributed by atoms with Crippen molar-refractivity contribution in [2.24, 2.45) is 0 Å². The molecule has 0 unspecified atom stereocenters. The van der Waals surface area contributed by atoms with E-state index >= 15 is 0 Å². The number of amides is 2. The van der Waals surface area contributed by atoms with Crippen molar-refractivity contribution < 1.29 is 24.0 Å². The van der Waals surface area contributed by atoms with Crippen molar-refractivity contribution in [3.8, 4) is 5.75 Å². The van der Waals surface area contributed by atoms with Gasteiger partial charge < -0.3 is 20.1 Å². The summed E-state index contributed by atoms with van der Waals surface area (Å²) in [4.78, 5) is 34.0. The van der Waals surface area contributed by atoms with Gasteiger partial charge in [-0.05, 0) is 42.0 Å². The van der Waals surface area contributed by atoms with Crippen molar-refractivity contribution in [2.45, 2.75) is 6.42 Å². The third-order valence-electron chi connectivity index (χ3n) is 4.47. The fourth-order valence-corrected chi connectivity index (χ4v) is 2.86. The number of non-ortho nitro benzene ring substituents is 1. The molecule has 0 saturated carbocycles. The first kappa shape index (κ1) is 23.4. The fraction of sp³-hybridized carbons (Fsp3) is 0.167. The third kappa shape index (κ3) is 8.08. The van der Waals surface area contributed by atoms with E-state index in [1.165, 1.54) is 29.8 Å². The first-order valence-electron chi connectivity index (χ1n) is 10.2. The number of hydrogen-bond donors (Lipinski definition) is 2. The highest BCUT2D eigenvalue weighted by Gasteiger charge is 2.08. The summed E-state index contributed by atoms with van der Waals surface area (Å²) >= 11 is 0. The van der Waals surface area contributed by atoms with E-state index in [-0.39, 0.29) is 18.9 Å². The summed E-state index contributed by atoms with van der Waals surface area (Å²) in [5.41, 5.74) is 2.09. The van der Waals surface area contributed by atoms with Crippen LogP contribution in [0.15, 0.2) is 78.9 Å². The van der Waals surface area contributed by atoms with E-state index in [9.17, 15) is 19.7 Å². The molecule has 3 aromatic rings. The van der Waals surface area contributed by atoms with Crippen LogP contribution in [-0.2, 0) is 20.7 Å². The molecule has 33 heavy (non-hydrogen) atoms. The Morgan fingerprint density at radius 2 is 1.33 bits per heavy atom. The first-order chi connectivity index (χ1) is 16.0. The average molecular weight is 449 g/mol. The Morgan fingerprint density at radius 1 is 0.788 bits per heavy atom. The van der Waals surface area contributed by atoms with E-state index < -0.39 is 16.7 Å². The number of nitro groups is 1. The molecular weight excluding hydrogens is 426 g/mol. The van der Waals surface area contributed by atoms with Crippen LogP contribution in [0.1, 0.15) is 5.56 Å². The average Bonchev–Trinajstić information content (AvgIpc) is 2.81. The van der Waals surface area contributed by atoms with Gasteiger partial charge in [0.25, 0.3) is 5.69 Å². The van der Waals surface area contributed by atoms with Crippen LogP contribution in [0.25, 0.3) is 0 Å². The molecule has 0 aromatic heterocycles. The Labute approximate surface area is 190 Å². The summed E-state index contributed by atoms with van der Waals surface area (Å²) in [6.07, 6.45) is 0.800. The molecule has 0 aliphatic heterocycles. The van der Waals surface area contributed by atoms with E-state index in [0.29, 0.717) is 23.7 Å². The van der Waals surface area contributed by atoms with Crippen molar-refractivity contribution in [1.82, 2.24) is 0 Å². The highest BCUT2D eigenvalue weighted by atomic mass is 16.6. The van der Waals surface area contributed by atoms with Crippen LogP contribution >= 0.6 is 0 Å². The maximum atomic E-state index is 12.0. The number of ether oxygens (including phenoxy) is 2. The van der Waals surface area contributed by atoms with Gasteiger partial charge in [0, 0.05) is 29.9 Å². The van der Waals surface area contributed by atoms with Crippen LogP contribution in [0, 0.1) is 10.1 Å². The lowest BCUT2D eigenvalue weighted by Crippen LogP contribution is -2.23. The number of rotatable bonds is 11. The molecule has 0 aliphatic rings. The molecule has 0 radical (unpaired) electrons. The molecule has 3 rings (SSSR count). The van der Waals surface area contributed by atoms with Crippen LogP contribution in [0.2, 0.25) is 0 Å². The van der Waals surface area contributed by atoms with E-state index in [0.717, 1.165) is 6.42 Å². The quantitative estimate of drug-likeness (QED) is 0.339. The normalized spacial score (nSPS) is 10.3. The number of carbonyl (C=O) groups excluding carboxylic acids is 2. The highest BCUT2D eigenvalue weighted by Crippen LogP contribution is 2.17. The zero-order chi connectivity index (χ0) is 23.5. The lowest BCUT2D eigenvalue weighted by molar-refractivity contribution is -0.384. The van der Waals surface area contributed by atoms with Gasteiger partial charge in [-0.25, -0.2) is 0 Å². The van der Waals surface area contributed by atoms with E-state index in [1.54, 1.807) is 24.3 Å². The number of nitrogens with one attached hydrogen (secondary N) is 2. The molecule has 2 N–H and O–H groups in total. The standard InChI is InChI=1S/C24H23N3O6/c28-23(25-19-6-10-21(11-7-19)27(30)31)16-32-17-24(29)26-20-8-12-22(13-9-20)33-15-14-18-4-2-1-3-5-18/h1-13H,14-17H2,(H,25,28)(H,26,29). The van der Waals surface area contributed by atoms with Gasteiger partial charge in [0.15, 0.2) is 0 Å². The molecule has 9 heteroatoms. The summed E-state index contributed by atoms with van der Waals surface area (Å²) < 4.78 is 10.8. The van der Waals surface area contributed by atoms with Gasteiger partial charge in [-0.2, -0.15) is 0 Å². The van der Waals surface area contributed by atoms with Gasteiger partial charge >= 0.3 is 0 Å². The number of nitrogens with zero attached hydrogens (tertiary/aromatic N) is 1. The molecule has 170 valence electrons. The minimum atomic E-state index is -0.528. The van der Waals surface area contributed by atoms with Crippen molar-refractivity contribution >= 4 is 28.9 Å². The van der Waals surface area contributed by atoms with Crippen LogP contribution < -0.4 is 15.4 Å². The molecule has 0 atom stereocenters. The molecule has 3 aromatic carbocycles. The first-order valence-corrected chi connectivity index (χ1v) is 10.2. The molecule has 0 saturated heterocycles. The smallest absolute Gasteiger partial charge is 0.269 e. The number of anilines is 2. The minimum Gasteiger partial charge on any atom is -0.493 e. The molecule has 0 spiro atoms. The molecule has 9 nitrogen and oxygen atoms in total. The molecule has 0 aliphatic carbocycles. The summed E-state index contributed by atoms with van der Waals surface area (Å²) in [6.45, 7) is -0.0902. The van der Waals surface area contributed by atoms with Crippen LogP contribution in [0.5, 0.6) is 5.75 Å². The summed E-state index contributed by atoms with van der Waals surface area (Å²) in [7, 11) is 0. The fourth-order valence-electron chi connectivity index (χ4n) is 2.86. The third-order valence-corrected chi connectivity index (χ3v) is 4.47. The Kier molecular flexibility index (Phi) is 8.49. The predicted octanol–water partition coefficient (Wildman–Crippen LogP) is 3.81. The van der Waals surface area contributed by atoms with Crippen molar-refractivity contribution in [1.29, 1.82) is 0 Å². The van der Waals surface area contributed by atoms with Gasteiger partial charge in [0.2, 0.25) is 11.8 Å². The summed E-state index contributed by atoms with van der Waals surface area (Å²) in [5.74, 6) is -0.187. The summed E-state index contributed by atoms with van der Waals surface area (Å²) in [6, 6.07) is 22.4. The van der Waals surface area contributed by atoms with Crippen molar-refractivity contribution in [3.05, 3.63) is 94.5 Å². The molecule has 0 heterocycles. The lowest BCUT2D eigenvalue weighted by Gasteiger charge is -2.09. The molecule has 0 bridgehead atoms. The Balaban J connectivity index is 1.33. The second-order valence-corrected chi connectivity index (χ2v) is 7.00. The highest BCUT2D eigenvalue weighted by molar-refractivity contribution is 5.93. The Bertz CT molecular complexity index is 1070. The van der Waals surface area contributed by atoms with Crippen molar-refractivity contribution in [3.63, 3.8) is 0 Å². The topological polar surface area (TPSA) is 120 Å². The monoisotopic (exact) mass is 449 g/mol. The number of hydrogen-bond acceptors (Lipinski definition) is 6. The second kappa shape index (κ2) is 12.0. The van der Waals surface area contributed by atoms with Gasteiger partial charge in [-0.15, -0.1) is 0 Å². The molecule has 2 amide bonds. The van der Waals surface area contributed by atoms with Crippen molar-refractivity contribution in [2.75, 3.05) is 30.5 Å². The van der Waals surface area contributed by atoms with Gasteiger partial charge in [-0.1, -0.05) is 30.3 Å². The van der Waals surface area contributed by atoms with Crippen LogP contribution in [-0.4, -0.2) is 36.6 Å². The Hall–Kier alpha value is -4.24. The lowest BCUT2D eigenvalue weighted by atomic mass is 10.2. The zero-order valence-electron chi connectivity index (χ0n) is 17.7. The van der Waals surface area contributed by atoms with Gasteiger partial charge in [-0.3, -0.25) is 19.7 Å². The predicted molar refractivity (Wildman–Crippen MR) is 123 cm³/mol. The number of carbonyl (C=O) groups is 2. The largest absolute Gasteiger partial charge is 0.493 e. The minimum absolute atomic E-state index is 0.0762. The van der Waals surface area contributed by atoms with E-state index in [1.807, 2.05) is 30.3 Å². The van der Waals surface area contributed by atoms with Crippen LogP contribution in [0.4, 0.5) is 17.1 Å².